The van der Waals surface area contributed by atoms with E-state index in [0.717, 1.165) is 19.0 Å². The number of aliphatic imine (C=N–C) groups is 1. The van der Waals surface area contributed by atoms with E-state index in [0.29, 0.717) is 18.5 Å². The monoisotopic (exact) mass is 478 g/mol. The molecule has 2 atom stereocenters. The van der Waals surface area contributed by atoms with E-state index in [1.807, 2.05) is 6.92 Å². The molecule has 1 amide bonds. The van der Waals surface area contributed by atoms with Gasteiger partial charge in [-0.2, -0.15) is 0 Å². The molecule has 2 aliphatic rings. The Morgan fingerprint density at radius 3 is 2.76 bits per heavy atom. The first-order valence-electron chi connectivity index (χ1n) is 10.8. The summed E-state index contributed by atoms with van der Waals surface area (Å²) < 4.78 is 44.7. The molecule has 0 spiro atoms. The number of hydrogen-bond donors (Lipinski definition) is 4. The highest BCUT2D eigenvalue weighted by Gasteiger charge is 2.52. The Labute approximate surface area is 192 Å². The van der Waals surface area contributed by atoms with Gasteiger partial charge in [0.15, 0.2) is 0 Å². The van der Waals surface area contributed by atoms with Crippen molar-refractivity contribution in [1.29, 1.82) is 0 Å². The first-order valence-corrected chi connectivity index (χ1v) is 12.7. The predicted molar refractivity (Wildman–Crippen MR) is 125 cm³/mol. The molecule has 0 aromatic carbocycles. The van der Waals surface area contributed by atoms with Gasteiger partial charge in [0.05, 0.1) is 10.9 Å². The predicted octanol–water partition coefficient (Wildman–Crippen LogP) is 2.37. The van der Waals surface area contributed by atoms with Crippen LogP contribution in [-0.4, -0.2) is 43.0 Å². The number of nitrogens with one attached hydrogen (secondary N) is 2. The molecule has 0 radical (unpaired) electrons. The molecule has 8 nitrogen and oxygen atoms in total. The van der Waals surface area contributed by atoms with E-state index < -0.39 is 37.9 Å². The van der Waals surface area contributed by atoms with Crippen molar-refractivity contribution < 1.29 is 17.8 Å². The number of pyridine rings is 2. The lowest BCUT2D eigenvalue weighted by molar-refractivity contribution is 0.102. The van der Waals surface area contributed by atoms with Gasteiger partial charge in [-0.1, -0.05) is 6.42 Å². The van der Waals surface area contributed by atoms with Crippen molar-refractivity contribution in [2.24, 2.45) is 10.7 Å². The van der Waals surface area contributed by atoms with Crippen molar-refractivity contribution in [2.75, 3.05) is 17.6 Å². The minimum absolute atomic E-state index is 0.0260. The summed E-state index contributed by atoms with van der Waals surface area (Å²) in [5, 5.41) is 2.57. The molecule has 1 saturated heterocycles. The van der Waals surface area contributed by atoms with Crippen LogP contribution >= 0.6 is 0 Å². The summed E-state index contributed by atoms with van der Waals surface area (Å²) in [5.74, 6) is -1.47. The molecule has 0 bridgehead atoms. The summed E-state index contributed by atoms with van der Waals surface area (Å²) in [6.07, 6.45) is 3.32. The number of aryl methyl sites for hydroxylation is 1. The summed E-state index contributed by atoms with van der Waals surface area (Å²) in [6.45, 7) is 5.65. The molecule has 2 aliphatic heterocycles. The van der Waals surface area contributed by atoms with E-state index in [9.17, 15) is 17.8 Å². The van der Waals surface area contributed by atoms with Crippen LogP contribution in [0, 0.1) is 18.6 Å². The Hall–Kier alpha value is -2.79. The standard InChI is InChI=1S/C22H28F2N6O2S/c1-13-10-14(23)11-26-17(13)19(31)29-16-7-6-15(24)18(28-16)21(2)12-33(32)22(3,20(25)30-21)8-4-5-9-27-33/h6-7,10-11,33H,4-5,8-9,12H2,1-3H3,(H2,25,30)(H,27,32)(H,28,29,31). The summed E-state index contributed by atoms with van der Waals surface area (Å²) in [5.41, 5.74) is 5.37. The molecule has 4 heterocycles. The molecule has 4 rings (SSSR count). The number of carbonyl (C=O) groups is 1. The number of aromatic nitrogens is 2. The normalized spacial score (nSPS) is 27.6. The third kappa shape index (κ3) is 4.04. The first kappa shape index (κ1) is 23.4. The molecule has 2 unspecified atom stereocenters. The molecule has 11 heteroatoms. The highest BCUT2D eigenvalue weighted by molar-refractivity contribution is 8.03. The zero-order valence-electron chi connectivity index (χ0n) is 18.8. The zero-order chi connectivity index (χ0) is 24.0. The quantitative estimate of drug-likeness (QED) is 0.505. The number of nitrogens with two attached hydrogens (primary N) is 1. The summed E-state index contributed by atoms with van der Waals surface area (Å²) in [4.78, 5) is 25.4. The lowest BCUT2D eigenvalue weighted by atomic mass is 9.96. The second kappa shape index (κ2) is 8.21. The maximum Gasteiger partial charge on any atom is 0.275 e. The Balaban J connectivity index is 1.70. The summed E-state index contributed by atoms with van der Waals surface area (Å²) in [7, 11) is -3.08. The Kier molecular flexibility index (Phi) is 5.81. The van der Waals surface area contributed by atoms with Crippen LogP contribution in [0.5, 0.6) is 0 Å². The number of amidine groups is 1. The van der Waals surface area contributed by atoms with Gasteiger partial charge in [-0.3, -0.25) is 18.7 Å². The van der Waals surface area contributed by atoms with E-state index in [2.05, 4.69) is 25.0 Å². The molecule has 2 aromatic rings. The minimum Gasteiger partial charge on any atom is -0.386 e. The Morgan fingerprint density at radius 1 is 1.27 bits per heavy atom. The molecule has 1 fully saturated rings. The van der Waals surface area contributed by atoms with Gasteiger partial charge in [0.2, 0.25) is 0 Å². The highest BCUT2D eigenvalue weighted by Crippen LogP contribution is 2.43. The van der Waals surface area contributed by atoms with Gasteiger partial charge in [-0.15, -0.1) is 0 Å². The highest BCUT2D eigenvalue weighted by atomic mass is 32.3. The summed E-state index contributed by atoms with van der Waals surface area (Å²) >= 11 is 0. The molecule has 178 valence electrons. The van der Waals surface area contributed by atoms with E-state index in [4.69, 9.17) is 5.73 Å². The maximum atomic E-state index is 15.0. The van der Waals surface area contributed by atoms with Crippen LogP contribution in [0.1, 0.15) is 54.9 Å². The third-order valence-electron chi connectivity index (χ3n) is 6.56. The lowest BCUT2D eigenvalue weighted by Gasteiger charge is -2.48. The van der Waals surface area contributed by atoms with Crippen LogP contribution in [0.2, 0.25) is 0 Å². The fraction of sp³-hybridized carbons (Fsp3) is 0.455. The van der Waals surface area contributed by atoms with Crippen LogP contribution in [0.15, 0.2) is 29.4 Å². The van der Waals surface area contributed by atoms with Gasteiger partial charge in [0.25, 0.3) is 5.91 Å². The number of nitrogens with zero attached hydrogens (tertiary/aromatic N) is 3. The van der Waals surface area contributed by atoms with Crippen LogP contribution in [0.25, 0.3) is 0 Å². The van der Waals surface area contributed by atoms with Gasteiger partial charge in [-0.05, 0) is 67.5 Å². The second-order valence-corrected chi connectivity index (χ2v) is 12.2. The van der Waals surface area contributed by atoms with E-state index >= 15 is 0 Å². The van der Waals surface area contributed by atoms with Gasteiger partial charge < -0.3 is 11.1 Å². The number of thiol groups is 1. The Morgan fingerprint density at radius 2 is 2.03 bits per heavy atom. The van der Waals surface area contributed by atoms with E-state index in [1.165, 1.54) is 18.2 Å². The number of carbonyl (C=O) groups excluding carboxylic acids is 1. The van der Waals surface area contributed by atoms with Crippen molar-refractivity contribution in [2.45, 2.75) is 50.3 Å². The molecular formula is C22H28F2N6O2S. The smallest absolute Gasteiger partial charge is 0.275 e. The summed E-state index contributed by atoms with van der Waals surface area (Å²) in [6, 6.07) is 3.68. The van der Waals surface area contributed by atoms with Gasteiger partial charge in [0, 0.05) is 12.3 Å². The number of hydrogen-bond acceptors (Lipinski definition) is 6. The van der Waals surface area contributed by atoms with Crippen LogP contribution in [0.3, 0.4) is 0 Å². The largest absolute Gasteiger partial charge is 0.386 e. The number of amides is 1. The molecule has 0 aliphatic carbocycles. The zero-order valence-corrected chi connectivity index (χ0v) is 19.7. The van der Waals surface area contributed by atoms with Crippen molar-refractivity contribution in [3.05, 3.63) is 53.0 Å². The fourth-order valence-corrected chi connectivity index (χ4v) is 7.93. The lowest BCUT2D eigenvalue weighted by Crippen LogP contribution is -2.64. The molecular weight excluding hydrogens is 450 g/mol. The fourth-order valence-electron chi connectivity index (χ4n) is 4.58. The number of anilines is 1. The molecule has 2 aromatic heterocycles. The van der Waals surface area contributed by atoms with Gasteiger partial charge >= 0.3 is 0 Å². The van der Waals surface area contributed by atoms with Crippen molar-refractivity contribution in [3.8, 4) is 0 Å². The van der Waals surface area contributed by atoms with E-state index in [-0.39, 0.29) is 28.8 Å². The SMILES string of the molecule is Cc1cc(F)cnc1C(=O)Nc1ccc(F)c(C2(C)C[SH]3(=O)NCCCCC3(C)C(N)=N2)n1. The van der Waals surface area contributed by atoms with Crippen molar-refractivity contribution >= 4 is 27.7 Å². The molecule has 4 N–H and O–H groups in total. The molecule has 33 heavy (non-hydrogen) atoms. The Bertz CT molecular complexity index is 1210. The van der Waals surface area contributed by atoms with Crippen molar-refractivity contribution in [1.82, 2.24) is 14.7 Å². The number of rotatable bonds is 3. The number of fused-ring (bicyclic) bond motifs is 1. The van der Waals surface area contributed by atoms with E-state index in [1.54, 1.807) is 13.8 Å². The van der Waals surface area contributed by atoms with Gasteiger partial charge in [-0.25, -0.2) is 18.7 Å². The van der Waals surface area contributed by atoms with Crippen LogP contribution in [-0.2, 0) is 15.7 Å². The third-order valence-corrected chi connectivity index (χ3v) is 10.4. The topological polar surface area (TPSA) is 122 Å². The maximum absolute atomic E-state index is 15.0. The molecule has 0 saturated carbocycles. The van der Waals surface area contributed by atoms with Crippen LogP contribution < -0.4 is 15.8 Å². The average Bonchev–Trinajstić information content (AvgIpc) is 2.88. The van der Waals surface area contributed by atoms with Crippen LogP contribution in [0.4, 0.5) is 14.6 Å². The number of halogens is 2. The van der Waals surface area contributed by atoms with Gasteiger partial charge in [0.1, 0.15) is 40.2 Å². The second-order valence-electron chi connectivity index (χ2n) is 9.11. The van der Waals surface area contributed by atoms with Crippen molar-refractivity contribution in [3.63, 3.8) is 0 Å². The first-order chi connectivity index (χ1) is 15.5. The average molecular weight is 479 g/mol. The minimum atomic E-state index is -3.08.